The summed E-state index contributed by atoms with van der Waals surface area (Å²) in [5.41, 5.74) is 1.62. The van der Waals surface area contributed by atoms with Gasteiger partial charge in [0.2, 0.25) is 0 Å². The zero-order valence-electron chi connectivity index (χ0n) is 14.7. The van der Waals surface area contributed by atoms with Crippen LogP contribution in [0.2, 0.25) is 4.34 Å². The van der Waals surface area contributed by atoms with Crippen molar-refractivity contribution in [2.24, 2.45) is 0 Å². The van der Waals surface area contributed by atoms with Gasteiger partial charge in [0.15, 0.2) is 5.65 Å². The molecule has 0 bridgehead atoms. The van der Waals surface area contributed by atoms with E-state index in [2.05, 4.69) is 4.98 Å². The molecule has 1 atom stereocenters. The Morgan fingerprint density at radius 2 is 2.22 bits per heavy atom. The molecule has 10 heteroatoms. The van der Waals surface area contributed by atoms with Crippen molar-refractivity contribution in [3.63, 3.8) is 0 Å². The van der Waals surface area contributed by atoms with Gasteiger partial charge in [-0.3, -0.25) is 0 Å². The summed E-state index contributed by atoms with van der Waals surface area (Å²) in [5, 5.41) is 0. The van der Waals surface area contributed by atoms with Gasteiger partial charge in [-0.1, -0.05) is 11.6 Å². The normalized spacial score (nSPS) is 18.5. The number of hydrogen-bond acceptors (Lipinski definition) is 6. The second-order valence-corrected chi connectivity index (χ2v) is 10.2. The molecular weight excluding hydrogens is 408 g/mol. The van der Waals surface area contributed by atoms with E-state index in [-0.39, 0.29) is 10.1 Å². The quantitative estimate of drug-likeness (QED) is 0.605. The third-order valence-electron chi connectivity index (χ3n) is 4.71. The average Bonchev–Trinajstić information content (AvgIpc) is 3.38. The number of fused-ring (bicyclic) bond motifs is 1. The van der Waals surface area contributed by atoms with E-state index in [4.69, 9.17) is 21.3 Å². The average molecular weight is 427 g/mol. The zero-order chi connectivity index (χ0) is 19.0. The molecule has 3 aromatic rings. The van der Waals surface area contributed by atoms with Crippen LogP contribution < -0.4 is 0 Å². The van der Waals surface area contributed by atoms with E-state index in [0.717, 1.165) is 28.3 Å². The van der Waals surface area contributed by atoms with Crippen LogP contribution in [0.1, 0.15) is 18.2 Å². The highest BCUT2D eigenvalue weighted by Crippen LogP contribution is 2.34. The fourth-order valence-electron chi connectivity index (χ4n) is 3.41. The van der Waals surface area contributed by atoms with Crippen molar-refractivity contribution in [1.29, 1.82) is 0 Å². The lowest BCUT2D eigenvalue weighted by Crippen LogP contribution is -2.28. The van der Waals surface area contributed by atoms with Gasteiger partial charge in [0.1, 0.15) is 15.6 Å². The van der Waals surface area contributed by atoms with Crippen molar-refractivity contribution in [2.75, 3.05) is 26.8 Å². The number of rotatable bonds is 6. The standard InChI is InChI=1S/C17H19ClN4O3S2/c1-25-10-9-22-16(20-13-3-2-7-19-17(13)22)12-6-8-21(11-12)27(23,24)15-5-4-14(18)26-15/h2-5,7,12H,6,8-11H2,1H3/t12-/m0/s1. The van der Waals surface area contributed by atoms with Gasteiger partial charge in [-0.25, -0.2) is 18.4 Å². The van der Waals surface area contributed by atoms with Crippen molar-refractivity contribution in [1.82, 2.24) is 18.8 Å². The second kappa shape index (κ2) is 7.48. The number of hydrogen-bond donors (Lipinski definition) is 0. The minimum atomic E-state index is -3.53. The van der Waals surface area contributed by atoms with Gasteiger partial charge < -0.3 is 9.30 Å². The molecule has 1 saturated heterocycles. The molecule has 3 aromatic heterocycles. The molecule has 1 aliphatic heterocycles. The van der Waals surface area contributed by atoms with E-state index in [9.17, 15) is 8.42 Å². The first-order chi connectivity index (χ1) is 13.0. The molecule has 1 fully saturated rings. The second-order valence-electron chi connectivity index (χ2n) is 6.37. The topological polar surface area (TPSA) is 77.3 Å². The predicted octanol–water partition coefficient (Wildman–Crippen LogP) is 2.97. The lowest BCUT2D eigenvalue weighted by atomic mass is 10.1. The van der Waals surface area contributed by atoms with Crippen molar-refractivity contribution in [3.05, 3.63) is 40.6 Å². The van der Waals surface area contributed by atoms with Crippen molar-refractivity contribution in [2.45, 2.75) is 23.1 Å². The predicted molar refractivity (Wildman–Crippen MR) is 105 cm³/mol. The highest BCUT2D eigenvalue weighted by Gasteiger charge is 2.36. The lowest BCUT2D eigenvalue weighted by molar-refractivity contribution is 0.187. The Bertz CT molecular complexity index is 1060. The van der Waals surface area contributed by atoms with Gasteiger partial charge in [-0.2, -0.15) is 4.31 Å². The monoisotopic (exact) mass is 426 g/mol. The molecule has 4 rings (SSSR count). The summed E-state index contributed by atoms with van der Waals surface area (Å²) in [5.74, 6) is 0.879. The number of nitrogens with zero attached hydrogens (tertiary/aromatic N) is 4. The minimum Gasteiger partial charge on any atom is -0.383 e. The van der Waals surface area contributed by atoms with Gasteiger partial charge in [0, 0.05) is 38.9 Å². The van der Waals surface area contributed by atoms with E-state index >= 15 is 0 Å². The molecule has 4 heterocycles. The number of sulfonamides is 1. The van der Waals surface area contributed by atoms with E-state index < -0.39 is 10.0 Å². The minimum absolute atomic E-state index is 0.0151. The van der Waals surface area contributed by atoms with Crippen LogP contribution in [0.5, 0.6) is 0 Å². The molecule has 27 heavy (non-hydrogen) atoms. The maximum atomic E-state index is 12.9. The first-order valence-electron chi connectivity index (χ1n) is 8.56. The van der Waals surface area contributed by atoms with Gasteiger partial charge in [-0.05, 0) is 30.7 Å². The smallest absolute Gasteiger partial charge is 0.252 e. The van der Waals surface area contributed by atoms with Crippen LogP contribution >= 0.6 is 22.9 Å². The molecule has 1 aliphatic rings. The third kappa shape index (κ3) is 3.50. The lowest BCUT2D eigenvalue weighted by Gasteiger charge is -2.16. The fourth-order valence-corrected chi connectivity index (χ4v) is 6.55. The molecule has 0 amide bonds. The molecule has 0 saturated carbocycles. The van der Waals surface area contributed by atoms with Gasteiger partial charge in [0.05, 0.1) is 10.9 Å². The number of methoxy groups -OCH3 is 1. The maximum Gasteiger partial charge on any atom is 0.252 e. The SMILES string of the molecule is COCCn1c([C@H]2CCN(S(=O)(=O)c3ccc(Cl)s3)C2)nc2cccnc21. The number of aromatic nitrogens is 3. The summed E-state index contributed by atoms with van der Waals surface area (Å²) in [6.45, 7) is 2.03. The van der Waals surface area contributed by atoms with Crippen LogP contribution in [0, 0.1) is 0 Å². The Morgan fingerprint density at radius 3 is 2.96 bits per heavy atom. The molecule has 0 aromatic carbocycles. The Balaban J connectivity index is 1.64. The zero-order valence-corrected chi connectivity index (χ0v) is 17.1. The summed E-state index contributed by atoms with van der Waals surface area (Å²) in [6.07, 6.45) is 2.46. The van der Waals surface area contributed by atoms with Crippen LogP contribution in [0.4, 0.5) is 0 Å². The van der Waals surface area contributed by atoms with Crippen LogP contribution in [0.3, 0.4) is 0 Å². The summed E-state index contributed by atoms with van der Waals surface area (Å²) < 4.78 is 35.3. The molecule has 0 aliphatic carbocycles. The Hall–Kier alpha value is -1.52. The summed E-state index contributed by atoms with van der Waals surface area (Å²) in [6, 6.07) is 6.95. The maximum absolute atomic E-state index is 12.9. The highest BCUT2D eigenvalue weighted by molar-refractivity contribution is 7.91. The van der Waals surface area contributed by atoms with Gasteiger partial charge in [0.25, 0.3) is 10.0 Å². The fraction of sp³-hybridized carbons (Fsp3) is 0.412. The van der Waals surface area contributed by atoms with Crippen molar-refractivity contribution in [3.8, 4) is 0 Å². The van der Waals surface area contributed by atoms with Gasteiger partial charge >= 0.3 is 0 Å². The highest BCUT2D eigenvalue weighted by atomic mass is 35.5. The molecule has 0 radical (unpaired) electrons. The number of thiophene rings is 1. The van der Waals surface area contributed by atoms with Crippen LogP contribution in [0.25, 0.3) is 11.2 Å². The Labute approximate surface area is 166 Å². The summed E-state index contributed by atoms with van der Waals surface area (Å²) in [7, 11) is -1.87. The summed E-state index contributed by atoms with van der Waals surface area (Å²) in [4.78, 5) is 9.19. The Kier molecular flexibility index (Phi) is 5.21. The number of ether oxygens (including phenoxy) is 1. The van der Waals surface area contributed by atoms with E-state index in [1.165, 1.54) is 4.31 Å². The van der Waals surface area contributed by atoms with Crippen LogP contribution in [-0.4, -0.2) is 54.1 Å². The number of imidazole rings is 1. The molecule has 0 spiro atoms. The van der Waals surface area contributed by atoms with E-state index in [1.807, 2.05) is 16.7 Å². The van der Waals surface area contributed by atoms with E-state index in [0.29, 0.717) is 37.0 Å². The van der Waals surface area contributed by atoms with Crippen LogP contribution in [-0.2, 0) is 21.3 Å². The first-order valence-corrected chi connectivity index (χ1v) is 11.2. The largest absolute Gasteiger partial charge is 0.383 e. The summed E-state index contributed by atoms with van der Waals surface area (Å²) >= 11 is 7.00. The first kappa shape index (κ1) is 18.8. The molecule has 0 N–H and O–H groups in total. The molecule has 144 valence electrons. The molecular formula is C17H19ClN4O3S2. The van der Waals surface area contributed by atoms with Gasteiger partial charge in [-0.15, -0.1) is 11.3 Å². The molecule has 7 nitrogen and oxygen atoms in total. The number of pyridine rings is 1. The van der Waals surface area contributed by atoms with Crippen LogP contribution in [0.15, 0.2) is 34.7 Å². The third-order valence-corrected chi connectivity index (χ3v) is 8.27. The van der Waals surface area contributed by atoms with Crippen molar-refractivity contribution < 1.29 is 13.2 Å². The Morgan fingerprint density at radius 1 is 1.37 bits per heavy atom. The molecule has 0 unspecified atom stereocenters. The number of halogens is 1. The van der Waals surface area contributed by atoms with Crippen molar-refractivity contribution >= 4 is 44.1 Å². The van der Waals surface area contributed by atoms with E-state index in [1.54, 1.807) is 25.4 Å².